The second-order valence-electron chi connectivity index (χ2n) is 6.52. The lowest BCUT2D eigenvalue weighted by Gasteiger charge is -2.17. The van der Waals surface area contributed by atoms with E-state index in [2.05, 4.69) is 32.3 Å². The molecule has 0 aliphatic heterocycles. The Morgan fingerprint density at radius 1 is 1.48 bits per heavy atom. The Morgan fingerprint density at radius 3 is 2.74 bits per heavy atom. The highest BCUT2D eigenvalue weighted by Gasteiger charge is 2.28. The summed E-state index contributed by atoms with van der Waals surface area (Å²) in [6.07, 6.45) is 5.02. The summed E-state index contributed by atoms with van der Waals surface area (Å²) in [6, 6.07) is 2.63. The number of carbonyl (C=O) groups is 1. The fraction of sp³-hybridized carbons (Fsp3) is 0.444. The maximum Gasteiger partial charge on any atom is 0.256 e. The van der Waals surface area contributed by atoms with Crippen molar-refractivity contribution in [2.45, 2.75) is 38.4 Å². The number of carbonyl (C=O) groups excluding carboxylic acids is 1. The number of aliphatic imine (C=N–C) groups is 2. The first-order chi connectivity index (χ1) is 12.8. The van der Waals surface area contributed by atoms with E-state index >= 15 is 0 Å². The molecule has 0 radical (unpaired) electrons. The van der Waals surface area contributed by atoms with E-state index in [1.807, 2.05) is 6.26 Å². The minimum absolute atomic E-state index is 0.149. The Balaban J connectivity index is 2.34. The number of thioether (sulfide) groups is 1. The van der Waals surface area contributed by atoms with Crippen molar-refractivity contribution in [1.29, 1.82) is 0 Å². The predicted molar refractivity (Wildman–Crippen MR) is 107 cm³/mol. The lowest BCUT2D eigenvalue weighted by atomic mass is 10.1. The number of anilines is 1. The van der Waals surface area contributed by atoms with Crippen LogP contribution in [0, 0.1) is 5.82 Å². The highest BCUT2D eigenvalue weighted by atomic mass is 32.2. The quantitative estimate of drug-likeness (QED) is 0.402. The highest BCUT2D eigenvalue weighted by Crippen LogP contribution is 2.26. The van der Waals surface area contributed by atoms with Crippen LogP contribution in [0.3, 0.4) is 0 Å². The minimum Gasteiger partial charge on any atom is -0.349 e. The van der Waals surface area contributed by atoms with E-state index < -0.39 is 11.5 Å². The third-order valence-corrected chi connectivity index (χ3v) is 4.03. The number of halogens is 2. The van der Waals surface area contributed by atoms with Crippen molar-refractivity contribution in [3.05, 3.63) is 35.4 Å². The summed E-state index contributed by atoms with van der Waals surface area (Å²) < 4.78 is 28.1. The molecule has 0 aromatic carbocycles. The van der Waals surface area contributed by atoms with E-state index in [9.17, 15) is 13.6 Å². The predicted octanol–water partition coefficient (Wildman–Crippen LogP) is 3.42. The van der Waals surface area contributed by atoms with Crippen LogP contribution in [0.1, 0.15) is 32.4 Å². The smallest absolute Gasteiger partial charge is 0.256 e. The average molecular weight is 395 g/mol. The van der Waals surface area contributed by atoms with Crippen molar-refractivity contribution in [1.82, 2.24) is 10.3 Å². The zero-order valence-corrected chi connectivity index (χ0v) is 16.4. The Kier molecular flexibility index (Phi) is 7.06. The van der Waals surface area contributed by atoms with Crippen molar-refractivity contribution in [3.8, 4) is 0 Å². The molecule has 1 amide bonds. The van der Waals surface area contributed by atoms with Crippen molar-refractivity contribution >= 4 is 36.0 Å². The largest absolute Gasteiger partial charge is 0.349 e. The van der Waals surface area contributed by atoms with Gasteiger partial charge in [0.15, 0.2) is 0 Å². The minimum atomic E-state index is -1.96. The molecule has 0 unspecified atom stereocenters. The Bertz CT molecular complexity index is 770. The van der Waals surface area contributed by atoms with Crippen LogP contribution in [-0.2, 0) is 10.5 Å². The first kappa shape index (κ1) is 21.0. The van der Waals surface area contributed by atoms with Crippen LogP contribution in [0.4, 0.5) is 14.6 Å². The number of nitrogens with zero attached hydrogens (tertiary/aromatic N) is 3. The number of nitrogens with one attached hydrogen (secondary N) is 2. The number of hydrogen-bond donors (Lipinski definition) is 2. The van der Waals surface area contributed by atoms with Gasteiger partial charge in [0.25, 0.3) is 5.91 Å². The monoisotopic (exact) mass is 395 g/mol. The molecular formula is C18H23F2N5OS. The molecule has 1 aliphatic rings. The topological polar surface area (TPSA) is 78.7 Å². The highest BCUT2D eigenvalue weighted by molar-refractivity contribution is 7.98. The molecule has 2 rings (SSSR count). The summed E-state index contributed by atoms with van der Waals surface area (Å²) in [4.78, 5) is 24.6. The van der Waals surface area contributed by atoms with Gasteiger partial charge >= 0.3 is 0 Å². The molecule has 0 spiro atoms. The van der Waals surface area contributed by atoms with Gasteiger partial charge in [-0.05, 0) is 51.8 Å². The van der Waals surface area contributed by atoms with Crippen molar-refractivity contribution < 1.29 is 13.6 Å². The van der Waals surface area contributed by atoms with E-state index in [0.29, 0.717) is 5.88 Å². The summed E-state index contributed by atoms with van der Waals surface area (Å²) >= 11 is 1.45. The summed E-state index contributed by atoms with van der Waals surface area (Å²) in [7, 11) is 0. The second-order valence-corrected chi connectivity index (χ2v) is 7.36. The first-order valence-electron chi connectivity index (χ1n) is 8.40. The maximum atomic E-state index is 14.2. The van der Waals surface area contributed by atoms with E-state index in [-0.39, 0.29) is 34.9 Å². The molecule has 0 atom stereocenters. The number of pyridine rings is 1. The van der Waals surface area contributed by atoms with Crippen LogP contribution in [-0.4, -0.2) is 41.6 Å². The standard InChI is InChI=1S/C18H23F2N5OS/c1-18(2,20)15-13(19)7-8-14(24-15)25-16(22-10-27-4)12(9-21-3)17(26)23-11-5-6-11/h7-9,11H,3,5-6,10H2,1-2,4H3,(H,23,26)(H,22,24,25)/b12-9+. The van der Waals surface area contributed by atoms with E-state index in [4.69, 9.17) is 0 Å². The van der Waals surface area contributed by atoms with Crippen LogP contribution in [0.5, 0.6) is 0 Å². The molecule has 9 heteroatoms. The molecule has 1 aliphatic carbocycles. The second kappa shape index (κ2) is 9.07. The third kappa shape index (κ3) is 6.13. The third-order valence-electron chi connectivity index (χ3n) is 3.64. The normalized spacial score (nSPS) is 15.4. The number of rotatable bonds is 8. The molecule has 2 N–H and O–H groups in total. The molecular weight excluding hydrogens is 372 g/mol. The summed E-state index contributed by atoms with van der Waals surface area (Å²) in [5, 5.41) is 5.75. The first-order valence-corrected chi connectivity index (χ1v) is 9.79. The molecule has 1 heterocycles. The Morgan fingerprint density at radius 2 is 2.19 bits per heavy atom. The van der Waals surface area contributed by atoms with E-state index in [0.717, 1.165) is 18.9 Å². The van der Waals surface area contributed by atoms with Gasteiger partial charge in [-0.25, -0.2) is 13.8 Å². The van der Waals surface area contributed by atoms with Gasteiger partial charge in [-0.2, -0.15) is 0 Å². The zero-order chi connectivity index (χ0) is 20.0. The summed E-state index contributed by atoms with van der Waals surface area (Å²) in [5.74, 6) is -0.338. The lowest BCUT2D eigenvalue weighted by Crippen LogP contribution is -2.33. The molecule has 6 nitrogen and oxygen atoms in total. The van der Waals surface area contributed by atoms with Crippen LogP contribution >= 0.6 is 11.8 Å². The average Bonchev–Trinajstić information content (AvgIpc) is 3.41. The van der Waals surface area contributed by atoms with Gasteiger partial charge in [-0.15, -0.1) is 11.8 Å². The fourth-order valence-electron chi connectivity index (χ4n) is 2.18. The molecule has 146 valence electrons. The molecule has 1 aromatic heterocycles. The summed E-state index contributed by atoms with van der Waals surface area (Å²) in [5.41, 5.74) is -2.10. The van der Waals surface area contributed by atoms with Gasteiger partial charge in [0.05, 0.1) is 11.4 Å². The van der Waals surface area contributed by atoms with Crippen molar-refractivity contribution in [2.24, 2.45) is 9.98 Å². The fourth-order valence-corrected chi connectivity index (χ4v) is 2.44. The molecule has 0 bridgehead atoms. The number of hydrogen-bond acceptors (Lipinski definition) is 5. The number of aromatic nitrogens is 1. The number of alkyl halides is 1. The van der Waals surface area contributed by atoms with E-state index in [1.54, 1.807) is 0 Å². The SMILES string of the molecule is C=N/C=C(C(=O)NC1CC1)\C(=N/CSC)Nc1ccc(F)c(C(C)(C)F)n1. The van der Waals surface area contributed by atoms with Gasteiger partial charge < -0.3 is 10.6 Å². The lowest BCUT2D eigenvalue weighted by molar-refractivity contribution is -0.117. The van der Waals surface area contributed by atoms with Crippen LogP contribution in [0.15, 0.2) is 33.9 Å². The van der Waals surface area contributed by atoms with Crippen molar-refractivity contribution in [3.63, 3.8) is 0 Å². The van der Waals surface area contributed by atoms with Gasteiger partial charge in [0.2, 0.25) is 0 Å². The van der Waals surface area contributed by atoms with Gasteiger partial charge in [-0.1, -0.05) is 0 Å². The van der Waals surface area contributed by atoms with Crippen molar-refractivity contribution in [2.75, 3.05) is 17.4 Å². The van der Waals surface area contributed by atoms with E-state index in [1.165, 1.54) is 37.9 Å². The molecule has 0 saturated heterocycles. The summed E-state index contributed by atoms with van der Waals surface area (Å²) in [6.45, 7) is 5.84. The molecule has 1 aromatic rings. The Hall–Kier alpha value is -2.29. The number of amidine groups is 1. The van der Waals surface area contributed by atoms with Crippen LogP contribution < -0.4 is 10.6 Å². The maximum absolute atomic E-state index is 14.2. The number of amides is 1. The van der Waals surface area contributed by atoms with Gasteiger partial charge in [-0.3, -0.25) is 14.8 Å². The zero-order valence-electron chi connectivity index (χ0n) is 15.6. The van der Waals surface area contributed by atoms with Crippen LogP contribution in [0.2, 0.25) is 0 Å². The van der Waals surface area contributed by atoms with Gasteiger partial charge in [0.1, 0.15) is 28.8 Å². The van der Waals surface area contributed by atoms with Gasteiger partial charge in [0, 0.05) is 12.2 Å². The molecule has 1 saturated carbocycles. The molecule has 27 heavy (non-hydrogen) atoms. The molecule has 1 fully saturated rings. The Labute approximate surface area is 161 Å². The van der Waals surface area contributed by atoms with Crippen LogP contribution in [0.25, 0.3) is 0 Å².